The molecule has 0 spiro atoms. The first-order chi connectivity index (χ1) is 7.34. The molecule has 2 aliphatic rings. The van der Waals surface area contributed by atoms with Crippen molar-refractivity contribution in [3.63, 3.8) is 0 Å². The van der Waals surface area contributed by atoms with Crippen LogP contribution in [0.2, 0.25) is 0 Å². The highest BCUT2D eigenvalue weighted by Gasteiger charge is 2.18. The maximum absolute atomic E-state index is 5.35. The van der Waals surface area contributed by atoms with Crippen molar-refractivity contribution in [1.29, 1.82) is 0 Å². The summed E-state index contributed by atoms with van der Waals surface area (Å²) in [6.07, 6.45) is 12.1. The lowest BCUT2D eigenvalue weighted by atomic mass is 9.96. The van der Waals surface area contributed by atoms with E-state index in [2.05, 4.69) is 10.6 Å². The third-order valence-electron chi connectivity index (χ3n) is 3.63. The van der Waals surface area contributed by atoms with Crippen molar-refractivity contribution >= 4 is 17.3 Å². The predicted molar refractivity (Wildman–Crippen MR) is 68.0 cm³/mol. The molecule has 2 aliphatic carbocycles. The van der Waals surface area contributed by atoms with E-state index in [4.69, 9.17) is 12.2 Å². The summed E-state index contributed by atoms with van der Waals surface area (Å²) in [6, 6.07) is 1.29. The highest BCUT2D eigenvalue weighted by atomic mass is 32.1. The van der Waals surface area contributed by atoms with Gasteiger partial charge in [0.2, 0.25) is 0 Å². The molecular formula is C12H22N2S. The molecule has 15 heavy (non-hydrogen) atoms. The fourth-order valence-electron chi connectivity index (χ4n) is 2.73. The molecule has 0 unspecified atom stereocenters. The van der Waals surface area contributed by atoms with Gasteiger partial charge < -0.3 is 10.6 Å². The molecule has 0 heterocycles. The van der Waals surface area contributed by atoms with Crippen LogP contribution in [0.1, 0.15) is 57.8 Å². The molecule has 0 aromatic carbocycles. The van der Waals surface area contributed by atoms with Gasteiger partial charge in [-0.25, -0.2) is 0 Å². The smallest absolute Gasteiger partial charge is 0.166 e. The summed E-state index contributed by atoms with van der Waals surface area (Å²) in [5.74, 6) is 0. The van der Waals surface area contributed by atoms with Crippen molar-refractivity contribution in [2.75, 3.05) is 0 Å². The quantitative estimate of drug-likeness (QED) is 0.708. The summed E-state index contributed by atoms with van der Waals surface area (Å²) in [5, 5.41) is 7.81. The van der Waals surface area contributed by atoms with Gasteiger partial charge >= 0.3 is 0 Å². The maximum atomic E-state index is 5.35. The van der Waals surface area contributed by atoms with Crippen LogP contribution in [-0.2, 0) is 0 Å². The Hall–Kier alpha value is -0.310. The van der Waals surface area contributed by atoms with Crippen LogP contribution in [0.5, 0.6) is 0 Å². The molecule has 2 rings (SSSR count). The zero-order valence-electron chi connectivity index (χ0n) is 9.43. The van der Waals surface area contributed by atoms with E-state index in [0.717, 1.165) is 5.11 Å². The second-order valence-electron chi connectivity index (χ2n) is 4.93. The van der Waals surface area contributed by atoms with Crippen LogP contribution in [0.4, 0.5) is 0 Å². The van der Waals surface area contributed by atoms with E-state index in [-0.39, 0.29) is 0 Å². The van der Waals surface area contributed by atoms with Gasteiger partial charge in [0, 0.05) is 12.1 Å². The Morgan fingerprint density at radius 3 is 1.60 bits per heavy atom. The van der Waals surface area contributed by atoms with Gasteiger partial charge in [-0.15, -0.1) is 0 Å². The molecule has 0 aliphatic heterocycles. The van der Waals surface area contributed by atoms with E-state index in [0.29, 0.717) is 12.1 Å². The Kier molecular flexibility index (Phi) is 4.24. The van der Waals surface area contributed by atoms with Gasteiger partial charge in [0.15, 0.2) is 5.11 Å². The Morgan fingerprint density at radius 2 is 1.13 bits per heavy atom. The molecule has 86 valence electrons. The minimum Gasteiger partial charge on any atom is -0.360 e. The average Bonchev–Trinajstić information content (AvgIpc) is 2.71. The lowest BCUT2D eigenvalue weighted by Crippen LogP contribution is -2.45. The molecular weight excluding hydrogens is 204 g/mol. The molecule has 0 radical (unpaired) electrons. The van der Waals surface area contributed by atoms with Gasteiger partial charge in [-0.1, -0.05) is 32.1 Å². The summed E-state index contributed by atoms with van der Waals surface area (Å²) in [6.45, 7) is 0. The molecule has 0 saturated heterocycles. The van der Waals surface area contributed by atoms with Gasteiger partial charge in [-0.2, -0.15) is 0 Å². The molecule has 2 fully saturated rings. The van der Waals surface area contributed by atoms with Crippen LogP contribution in [0.3, 0.4) is 0 Å². The molecule has 3 heteroatoms. The second kappa shape index (κ2) is 5.69. The molecule has 0 bridgehead atoms. The minimum absolute atomic E-state index is 0.639. The number of thiocarbonyl (C=S) groups is 1. The predicted octanol–water partition coefficient (Wildman–Crippen LogP) is 2.73. The van der Waals surface area contributed by atoms with Crippen LogP contribution < -0.4 is 10.6 Å². The third kappa shape index (κ3) is 3.63. The van der Waals surface area contributed by atoms with Crippen molar-refractivity contribution < 1.29 is 0 Å². The van der Waals surface area contributed by atoms with Crippen molar-refractivity contribution in [1.82, 2.24) is 10.6 Å². The highest BCUT2D eigenvalue weighted by molar-refractivity contribution is 7.80. The van der Waals surface area contributed by atoms with E-state index in [1.807, 2.05) is 0 Å². The van der Waals surface area contributed by atoms with Crippen molar-refractivity contribution in [2.45, 2.75) is 69.9 Å². The Balaban J connectivity index is 1.66. The Bertz CT molecular complexity index is 206. The van der Waals surface area contributed by atoms with Crippen LogP contribution in [0, 0.1) is 0 Å². The summed E-state index contributed by atoms with van der Waals surface area (Å²) in [4.78, 5) is 0. The van der Waals surface area contributed by atoms with Gasteiger partial charge in [0.05, 0.1) is 0 Å². The fourth-order valence-corrected chi connectivity index (χ4v) is 3.06. The monoisotopic (exact) mass is 226 g/mol. The largest absolute Gasteiger partial charge is 0.360 e. The topological polar surface area (TPSA) is 24.1 Å². The summed E-state index contributed by atoms with van der Waals surface area (Å²) >= 11 is 5.35. The zero-order valence-corrected chi connectivity index (χ0v) is 10.2. The third-order valence-corrected chi connectivity index (χ3v) is 3.87. The van der Waals surface area contributed by atoms with Crippen LogP contribution >= 0.6 is 12.2 Å². The first-order valence-corrected chi connectivity index (χ1v) is 6.82. The molecule has 0 aromatic heterocycles. The minimum atomic E-state index is 0.639. The highest BCUT2D eigenvalue weighted by Crippen LogP contribution is 2.19. The summed E-state index contributed by atoms with van der Waals surface area (Å²) < 4.78 is 0. The molecule has 2 nitrogen and oxygen atoms in total. The summed E-state index contributed by atoms with van der Waals surface area (Å²) in [7, 11) is 0. The number of nitrogens with one attached hydrogen (secondary N) is 2. The van der Waals surface area contributed by atoms with Gasteiger partial charge in [0.1, 0.15) is 0 Å². The van der Waals surface area contributed by atoms with E-state index in [1.54, 1.807) is 0 Å². The standard InChI is InChI=1S/C12H22N2S/c15-12(14-11-8-4-5-9-11)13-10-6-2-1-3-7-10/h10-11H,1-9H2,(H2,13,14,15). The average molecular weight is 226 g/mol. The van der Waals surface area contributed by atoms with Gasteiger partial charge in [0.25, 0.3) is 0 Å². The van der Waals surface area contributed by atoms with E-state index >= 15 is 0 Å². The Labute approximate surface area is 98.2 Å². The first-order valence-electron chi connectivity index (χ1n) is 6.41. The lowest BCUT2D eigenvalue weighted by Gasteiger charge is -2.25. The molecule has 2 saturated carbocycles. The number of hydrogen-bond donors (Lipinski definition) is 2. The SMILES string of the molecule is S=C(NC1CCCCC1)NC1CCCC1. The molecule has 0 aromatic rings. The zero-order chi connectivity index (χ0) is 10.5. The van der Waals surface area contributed by atoms with Crippen molar-refractivity contribution in [2.24, 2.45) is 0 Å². The number of hydrogen-bond acceptors (Lipinski definition) is 1. The van der Waals surface area contributed by atoms with Crippen molar-refractivity contribution in [3.05, 3.63) is 0 Å². The van der Waals surface area contributed by atoms with E-state index in [9.17, 15) is 0 Å². The van der Waals surface area contributed by atoms with Crippen molar-refractivity contribution in [3.8, 4) is 0 Å². The van der Waals surface area contributed by atoms with Crippen LogP contribution in [-0.4, -0.2) is 17.2 Å². The van der Waals surface area contributed by atoms with E-state index in [1.165, 1.54) is 57.8 Å². The molecule has 0 atom stereocenters. The van der Waals surface area contributed by atoms with E-state index < -0.39 is 0 Å². The first kappa shape index (κ1) is 11.2. The van der Waals surface area contributed by atoms with Gasteiger partial charge in [-0.05, 0) is 37.9 Å². The normalized spacial score (nSPS) is 24.0. The Morgan fingerprint density at radius 1 is 0.733 bits per heavy atom. The summed E-state index contributed by atoms with van der Waals surface area (Å²) in [5.41, 5.74) is 0. The number of rotatable bonds is 2. The lowest BCUT2D eigenvalue weighted by molar-refractivity contribution is 0.410. The maximum Gasteiger partial charge on any atom is 0.166 e. The second-order valence-corrected chi connectivity index (χ2v) is 5.34. The van der Waals surface area contributed by atoms with Gasteiger partial charge in [-0.3, -0.25) is 0 Å². The van der Waals surface area contributed by atoms with Crippen LogP contribution in [0.25, 0.3) is 0 Å². The van der Waals surface area contributed by atoms with Crippen LogP contribution in [0.15, 0.2) is 0 Å². The molecule has 2 N–H and O–H groups in total. The molecule has 0 amide bonds. The fraction of sp³-hybridized carbons (Fsp3) is 0.917.